The van der Waals surface area contributed by atoms with Gasteiger partial charge in [0.1, 0.15) is 5.82 Å². The average molecular weight is 238 g/mol. The SMILES string of the molecule is Cc1cc(C(C)CCCCC(=O)O)ccc1F. The molecule has 1 aromatic carbocycles. The maximum Gasteiger partial charge on any atom is 0.303 e. The van der Waals surface area contributed by atoms with Crippen molar-refractivity contribution >= 4 is 5.97 Å². The van der Waals surface area contributed by atoms with Crippen molar-refractivity contribution in [3.8, 4) is 0 Å². The highest BCUT2D eigenvalue weighted by molar-refractivity contribution is 5.66. The van der Waals surface area contributed by atoms with Gasteiger partial charge in [-0.05, 0) is 42.9 Å². The van der Waals surface area contributed by atoms with E-state index in [1.54, 1.807) is 6.92 Å². The molecule has 0 spiro atoms. The lowest BCUT2D eigenvalue weighted by Crippen LogP contribution is -1.98. The number of rotatable bonds is 6. The number of carbonyl (C=O) groups is 1. The standard InChI is InChI=1S/C14H19FO2/c1-10(5-3-4-6-14(16)17)12-7-8-13(15)11(2)9-12/h7-10H,3-6H2,1-2H3,(H,16,17). The van der Waals surface area contributed by atoms with Gasteiger partial charge in [0.2, 0.25) is 0 Å². The van der Waals surface area contributed by atoms with Gasteiger partial charge in [-0.25, -0.2) is 4.39 Å². The monoisotopic (exact) mass is 238 g/mol. The van der Waals surface area contributed by atoms with E-state index in [0.29, 0.717) is 17.9 Å². The normalized spacial score (nSPS) is 12.4. The Morgan fingerprint density at radius 2 is 2.12 bits per heavy atom. The Balaban J connectivity index is 2.44. The highest BCUT2D eigenvalue weighted by atomic mass is 19.1. The van der Waals surface area contributed by atoms with Gasteiger partial charge < -0.3 is 5.11 Å². The molecule has 2 nitrogen and oxygen atoms in total. The number of benzene rings is 1. The van der Waals surface area contributed by atoms with Crippen molar-refractivity contribution in [2.75, 3.05) is 0 Å². The topological polar surface area (TPSA) is 37.3 Å². The number of halogens is 1. The largest absolute Gasteiger partial charge is 0.481 e. The van der Waals surface area contributed by atoms with Gasteiger partial charge in [0.25, 0.3) is 0 Å². The molecule has 0 heterocycles. The fourth-order valence-electron chi connectivity index (χ4n) is 1.87. The van der Waals surface area contributed by atoms with Crippen LogP contribution in [0.2, 0.25) is 0 Å². The van der Waals surface area contributed by atoms with E-state index in [1.165, 1.54) is 6.07 Å². The van der Waals surface area contributed by atoms with Gasteiger partial charge in [-0.1, -0.05) is 25.5 Å². The molecule has 1 unspecified atom stereocenters. The Labute approximate surface area is 101 Å². The van der Waals surface area contributed by atoms with E-state index < -0.39 is 5.97 Å². The molecule has 0 saturated heterocycles. The molecule has 0 fully saturated rings. The number of carboxylic acid groups (broad SMARTS) is 1. The van der Waals surface area contributed by atoms with E-state index in [0.717, 1.165) is 18.4 Å². The quantitative estimate of drug-likeness (QED) is 0.763. The minimum Gasteiger partial charge on any atom is -0.481 e. The van der Waals surface area contributed by atoms with Crippen LogP contribution in [0.5, 0.6) is 0 Å². The molecule has 17 heavy (non-hydrogen) atoms. The van der Waals surface area contributed by atoms with Crippen LogP contribution in [0.4, 0.5) is 4.39 Å². The van der Waals surface area contributed by atoms with Crippen LogP contribution in [-0.4, -0.2) is 11.1 Å². The summed E-state index contributed by atoms with van der Waals surface area (Å²) in [6, 6.07) is 5.18. The summed E-state index contributed by atoms with van der Waals surface area (Å²) in [4.78, 5) is 10.4. The van der Waals surface area contributed by atoms with Gasteiger partial charge in [0.15, 0.2) is 0 Å². The van der Waals surface area contributed by atoms with Crippen molar-refractivity contribution in [1.82, 2.24) is 0 Å². The van der Waals surface area contributed by atoms with Crippen LogP contribution in [0, 0.1) is 12.7 Å². The first kappa shape index (κ1) is 13.7. The number of hydrogen-bond acceptors (Lipinski definition) is 1. The third-order valence-corrected chi connectivity index (χ3v) is 3.03. The molecule has 0 saturated carbocycles. The second-order valence-corrected chi connectivity index (χ2v) is 4.55. The van der Waals surface area contributed by atoms with Crippen LogP contribution < -0.4 is 0 Å². The molecule has 94 valence electrons. The lowest BCUT2D eigenvalue weighted by Gasteiger charge is -2.12. The zero-order chi connectivity index (χ0) is 12.8. The molecule has 0 aliphatic heterocycles. The predicted octanol–water partition coefficient (Wildman–Crippen LogP) is 3.88. The van der Waals surface area contributed by atoms with E-state index in [4.69, 9.17) is 5.11 Å². The Morgan fingerprint density at radius 1 is 1.41 bits per heavy atom. The van der Waals surface area contributed by atoms with Gasteiger partial charge in [-0.15, -0.1) is 0 Å². The van der Waals surface area contributed by atoms with Crippen LogP contribution in [0.15, 0.2) is 18.2 Å². The van der Waals surface area contributed by atoms with E-state index in [9.17, 15) is 9.18 Å². The van der Waals surface area contributed by atoms with E-state index in [-0.39, 0.29) is 12.2 Å². The van der Waals surface area contributed by atoms with Crippen LogP contribution >= 0.6 is 0 Å². The third kappa shape index (κ3) is 4.55. The van der Waals surface area contributed by atoms with Crippen molar-refractivity contribution in [2.45, 2.75) is 45.4 Å². The van der Waals surface area contributed by atoms with Crippen LogP contribution in [0.25, 0.3) is 0 Å². The van der Waals surface area contributed by atoms with Gasteiger partial charge in [-0.2, -0.15) is 0 Å². The fraction of sp³-hybridized carbons (Fsp3) is 0.500. The van der Waals surface area contributed by atoms with Crippen molar-refractivity contribution in [2.24, 2.45) is 0 Å². The highest BCUT2D eigenvalue weighted by Gasteiger charge is 2.07. The van der Waals surface area contributed by atoms with Crippen molar-refractivity contribution in [3.05, 3.63) is 35.1 Å². The van der Waals surface area contributed by atoms with Crippen molar-refractivity contribution in [3.63, 3.8) is 0 Å². The molecular weight excluding hydrogens is 219 g/mol. The second-order valence-electron chi connectivity index (χ2n) is 4.55. The Morgan fingerprint density at radius 3 is 2.71 bits per heavy atom. The van der Waals surface area contributed by atoms with E-state index in [1.807, 2.05) is 12.1 Å². The average Bonchev–Trinajstić information content (AvgIpc) is 2.27. The minimum atomic E-state index is -0.740. The molecule has 0 aromatic heterocycles. The maximum absolute atomic E-state index is 13.1. The molecule has 0 radical (unpaired) electrons. The first-order valence-corrected chi connectivity index (χ1v) is 5.98. The molecule has 0 bridgehead atoms. The van der Waals surface area contributed by atoms with Crippen LogP contribution in [0.3, 0.4) is 0 Å². The summed E-state index contributed by atoms with van der Waals surface area (Å²) in [5.41, 5.74) is 1.79. The molecule has 1 rings (SSSR count). The summed E-state index contributed by atoms with van der Waals surface area (Å²) in [6.45, 7) is 3.85. The highest BCUT2D eigenvalue weighted by Crippen LogP contribution is 2.23. The second kappa shape index (κ2) is 6.38. The molecule has 0 aliphatic rings. The smallest absolute Gasteiger partial charge is 0.303 e. The summed E-state index contributed by atoms with van der Waals surface area (Å²) < 4.78 is 13.1. The minimum absolute atomic E-state index is 0.174. The molecule has 1 aromatic rings. The zero-order valence-corrected chi connectivity index (χ0v) is 10.4. The van der Waals surface area contributed by atoms with E-state index >= 15 is 0 Å². The zero-order valence-electron chi connectivity index (χ0n) is 10.4. The van der Waals surface area contributed by atoms with Gasteiger partial charge in [0.05, 0.1) is 0 Å². The fourth-order valence-corrected chi connectivity index (χ4v) is 1.87. The first-order valence-electron chi connectivity index (χ1n) is 5.98. The number of unbranched alkanes of at least 4 members (excludes halogenated alkanes) is 1. The molecule has 1 atom stereocenters. The molecule has 1 N–H and O–H groups in total. The summed E-state index contributed by atoms with van der Waals surface area (Å²) in [5.74, 6) is -0.565. The molecular formula is C14H19FO2. The molecule has 0 amide bonds. The summed E-state index contributed by atoms with van der Waals surface area (Å²) >= 11 is 0. The Hall–Kier alpha value is -1.38. The van der Waals surface area contributed by atoms with Crippen molar-refractivity contribution < 1.29 is 14.3 Å². The summed E-state index contributed by atoms with van der Waals surface area (Å²) in [5, 5.41) is 8.52. The molecule has 3 heteroatoms. The lowest BCUT2D eigenvalue weighted by atomic mass is 9.94. The maximum atomic E-state index is 13.1. The summed E-state index contributed by atoms with van der Waals surface area (Å²) in [7, 11) is 0. The van der Waals surface area contributed by atoms with E-state index in [2.05, 4.69) is 6.92 Å². The van der Waals surface area contributed by atoms with Gasteiger partial charge >= 0.3 is 5.97 Å². The Bertz CT molecular complexity index is 388. The summed E-state index contributed by atoms with van der Waals surface area (Å²) in [6.07, 6.45) is 2.78. The Kier molecular flexibility index (Phi) is 5.13. The molecule has 0 aliphatic carbocycles. The predicted molar refractivity (Wildman–Crippen MR) is 65.7 cm³/mol. The number of aliphatic carboxylic acids is 1. The van der Waals surface area contributed by atoms with Gasteiger partial charge in [-0.3, -0.25) is 4.79 Å². The first-order chi connectivity index (χ1) is 8.00. The lowest BCUT2D eigenvalue weighted by molar-refractivity contribution is -0.137. The van der Waals surface area contributed by atoms with Crippen LogP contribution in [0.1, 0.15) is 49.7 Å². The number of carboxylic acids is 1. The van der Waals surface area contributed by atoms with Crippen molar-refractivity contribution in [1.29, 1.82) is 0 Å². The number of hydrogen-bond donors (Lipinski definition) is 1. The third-order valence-electron chi connectivity index (χ3n) is 3.03. The van der Waals surface area contributed by atoms with Gasteiger partial charge in [0, 0.05) is 6.42 Å². The number of aryl methyl sites for hydroxylation is 1. The van der Waals surface area contributed by atoms with Crippen LogP contribution in [-0.2, 0) is 4.79 Å².